The van der Waals surface area contributed by atoms with Crippen LogP contribution in [0.25, 0.3) is 6.08 Å². The van der Waals surface area contributed by atoms with E-state index in [2.05, 4.69) is 0 Å². The first-order valence-electron chi connectivity index (χ1n) is 7.81. The lowest BCUT2D eigenvalue weighted by Crippen LogP contribution is -2.37. The highest BCUT2D eigenvalue weighted by atomic mass is 35.5. The van der Waals surface area contributed by atoms with Gasteiger partial charge >= 0.3 is 5.97 Å². The molecule has 2 aliphatic rings. The lowest BCUT2D eigenvalue weighted by atomic mass is 10.2. The van der Waals surface area contributed by atoms with E-state index in [-0.39, 0.29) is 12.7 Å². The summed E-state index contributed by atoms with van der Waals surface area (Å²) in [5.41, 5.74) is 0.680. The van der Waals surface area contributed by atoms with Crippen LogP contribution in [-0.2, 0) is 14.3 Å². The predicted octanol–water partition coefficient (Wildman–Crippen LogP) is 2.64. The van der Waals surface area contributed by atoms with Gasteiger partial charge in [0.25, 0.3) is 5.91 Å². The van der Waals surface area contributed by atoms with E-state index in [0.29, 0.717) is 22.1 Å². The number of hydrogen-bond donors (Lipinski definition) is 0. The van der Waals surface area contributed by atoms with Gasteiger partial charge in [0, 0.05) is 19.2 Å². The lowest BCUT2D eigenvalue weighted by Gasteiger charge is -2.19. The summed E-state index contributed by atoms with van der Waals surface area (Å²) in [7, 11) is 0. The van der Waals surface area contributed by atoms with Crippen molar-refractivity contribution in [2.24, 2.45) is 0 Å². The first kappa shape index (κ1) is 16.6. The third-order valence-electron chi connectivity index (χ3n) is 3.92. The number of hydrogen-bond acceptors (Lipinski definition) is 5. The van der Waals surface area contributed by atoms with Crippen LogP contribution in [0.5, 0.6) is 11.5 Å². The van der Waals surface area contributed by atoms with Crippen LogP contribution in [0.4, 0.5) is 0 Å². The largest absolute Gasteiger partial charge is 0.454 e. The summed E-state index contributed by atoms with van der Waals surface area (Å²) in [5, 5.41) is 0.413. The minimum Gasteiger partial charge on any atom is -0.454 e. The van der Waals surface area contributed by atoms with Gasteiger partial charge in [0.15, 0.2) is 17.6 Å². The normalized spacial score (nSPS) is 17.3. The van der Waals surface area contributed by atoms with Crippen molar-refractivity contribution in [3.8, 4) is 11.5 Å². The standard InChI is InChI=1S/C17H18ClNO5/c1-11(17(21)19-6-2-3-7-19)24-15(20)5-4-12-8-13(18)16-14(9-12)22-10-23-16/h4-5,8-9,11H,2-3,6-7,10H2,1H3/b5-4+/t11-/m0/s1. The number of ether oxygens (including phenoxy) is 3. The van der Waals surface area contributed by atoms with Crippen molar-refractivity contribution in [3.05, 3.63) is 28.8 Å². The zero-order valence-electron chi connectivity index (χ0n) is 13.3. The Hall–Kier alpha value is -2.21. The third-order valence-corrected chi connectivity index (χ3v) is 4.20. The third kappa shape index (κ3) is 3.64. The fourth-order valence-corrected chi connectivity index (χ4v) is 2.98. The number of benzene rings is 1. The molecule has 1 fully saturated rings. The number of carbonyl (C=O) groups excluding carboxylic acids is 2. The molecule has 7 heteroatoms. The minimum atomic E-state index is -0.791. The molecule has 0 radical (unpaired) electrons. The summed E-state index contributed by atoms with van der Waals surface area (Å²) in [5.74, 6) is 0.304. The number of halogens is 1. The van der Waals surface area contributed by atoms with Gasteiger partial charge < -0.3 is 19.1 Å². The monoisotopic (exact) mass is 351 g/mol. The van der Waals surface area contributed by atoms with Crippen molar-refractivity contribution < 1.29 is 23.8 Å². The molecule has 6 nitrogen and oxygen atoms in total. The molecule has 1 aromatic rings. The molecule has 2 aliphatic heterocycles. The molecule has 2 heterocycles. The summed E-state index contributed by atoms with van der Waals surface area (Å²) < 4.78 is 15.7. The zero-order chi connectivity index (χ0) is 17.1. The van der Waals surface area contributed by atoms with Crippen LogP contribution in [0.1, 0.15) is 25.3 Å². The number of nitrogens with zero attached hydrogens (tertiary/aromatic N) is 1. The molecule has 1 saturated heterocycles. The van der Waals surface area contributed by atoms with Crippen LogP contribution in [0, 0.1) is 0 Å². The number of rotatable bonds is 4. The van der Waals surface area contributed by atoms with E-state index in [0.717, 1.165) is 25.9 Å². The van der Waals surface area contributed by atoms with Gasteiger partial charge in [-0.1, -0.05) is 11.6 Å². The molecule has 128 valence electrons. The molecule has 3 rings (SSSR count). The summed E-state index contributed by atoms with van der Waals surface area (Å²) in [6.45, 7) is 3.17. The van der Waals surface area contributed by atoms with Gasteiger partial charge in [0.05, 0.1) is 5.02 Å². The average Bonchev–Trinajstić information content (AvgIpc) is 3.23. The molecular formula is C17H18ClNO5. The second-order valence-corrected chi connectivity index (χ2v) is 6.09. The zero-order valence-corrected chi connectivity index (χ0v) is 14.0. The fourth-order valence-electron chi connectivity index (χ4n) is 2.71. The second kappa shape index (κ2) is 7.13. The summed E-state index contributed by atoms with van der Waals surface area (Å²) in [6.07, 6.45) is 4.03. The van der Waals surface area contributed by atoms with Crippen LogP contribution in [0.15, 0.2) is 18.2 Å². The molecule has 1 aromatic carbocycles. The second-order valence-electron chi connectivity index (χ2n) is 5.68. The molecule has 24 heavy (non-hydrogen) atoms. The number of likely N-dealkylation sites (tertiary alicyclic amines) is 1. The van der Waals surface area contributed by atoms with Crippen LogP contribution in [0.3, 0.4) is 0 Å². The molecule has 0 bridgehead atoms. The van der Waals surface area contributed by atoms with Crippen LogP contribution < -0.4 is 9.47 Å². The smallest absolute Gasteiger partial charge is 0.331 e. The minimum absolute atomic E-state index is 0.125. The lowest BCUT2D eigenvalue weighted by molar-refractivity contribution is -0.154. The molecule has 0 spiro atoms. The number of amides is 1. The van der Waals surface area contributed by atoms with Gasteiger partial charge in [-0.05, 0) is 43.5 Å². The number of esters is 1. The summed E-state index contributed by atoms with van der Waals surface area (Å²) in [6, 6.07) is 3.38. The highest BCUT2D eigenvalue weighted by Gasteiger charge is 2.25. The van der Waals surface area contributed by atoms with Gasteiger partial charge in [-0.3, -0.25) is 4.79 Å². The molecule has 1 amide bonds. The van der Waals surface area contributed by atoms with Crippen LogP contribution in [-0.4, -0.2) is 42.8 Å². The van der Waals surface area contributed by atoms with Gasteiger partial charge in [-0.2, -0.15) is 0 Å². The van der Waals surface area contributed by atoms with E-state index >= 15 is 0 Å². The Labute approximate surface area is 144 Å². The van der Waals surface area contributed by atoms with E-state index in [1.165, 1.54) is 6.08 Å². The number of fused-ring (bicyclic) bond motifs is 1. The van der Waals surface area contributed by atoms with Gasteiger partial charge in [-0.15, -0.1) is 0 Å². The molecule has 0 saturated carbocycles. The van der Waals surface area contributed by atoms with Crippen molar-refractivity contribution >= 4 is 29.6 Å². The Bertz CT molecular complexity index is 682. The van der Waals surface area contributed by atoms with E-state index < -0.39 is 12.1 Å². The average molecular weight is 352 g/mol. The summed E-state index contributed by atoms with van der Waals surface area (Å²) in [4.78, 5) is 25.7. The fraction of sp³-hybridized carbons (Fsp3) is 0.412. The van der Waals surface area contributed by atoms with Crippen molar-refractivity contribution in [3.63, 3.8) is 0 Å². The van der Waals surface area contributed by atoms with Crippen molar-refractivity contribution in [1.29, 1.82) is 0 Å². The predicted molar refractivity (Wildman–Crippen MR) is 88.0 cm³/mol. The van der Waals surface area contributed by atoms with E-state index in [1.54, 1.807) is 30.0 Å². The maximum absolute atomic E-state index is 12.1. The Morgan fingerprint density at radius 3 is 2.79 bits per heavy atom. The molecular weight excluding hydrogens is 334 g/mol. The van der Waals surface area contributed by atoms with Gasteiger partial charge in [0.1, 0.15) is 0 Å². The van der Waals surface area contributed by atoms with E-state index in [1.807, 2.05) is 0 Å². The molecule has 0 aliphatic carbocycles. The Kier molecular flexibility index (Phi) is 4.94. The highest BCUT2D eigenvalue weighted by molar-refractivity contribution is 6.32. The molecule has 0 N–H and O–H groups in total. The molecule has 1 atom stereocenters. The Morgan fingerprint density at radius 1 is 1.29 bits per heavy atom. The summed E-state index contributed by atoms with van der Waals surface area (Å²) >= 11 is 6.08. The Balaban J connectivity index is 1.59. The molecule has 0 aromatic heterocycles. The first-order valence-corrected chi connectivity index (χ1v) is 8.19. The van der Waals surface area contributed by atoms with E-state index in [4.69, 9.17) is 25.8 Å². The maximum atomic E-state index is 12.1. The van der Waals surface area contributed by atoms with E-state index in [9.17, 15) is 9.59 Å². The van der Waals surface area contributed by atoms with Crippen molar-refractivity contribution in [2.75, 3.05) is 19.9 Å². The van der Waals surface area contributed by atoms with Crippen molar-refractivity contribution in [1.82, 2.24) is 4.90 Å². The van der Waals surface area contributed by atoms with Crippen LogP contribution in [0.2, 0.25) is 5.02 Å². The van der Waals surface area contributed by atoms with Crippen molar-refractivity contribution in [2.45, 2.75) is 25.9 Å². The first-order chi connectivity index (χ1) is 11.5. The quantitative estimate of drug-likeness (QED) is 0.616. The van der Waals surface area contributed by atoms with Gasteiger partial charge in [-0.25, -0.2) is 4.79 Å². The number of carbonyl (C=O) groups is 2. The van der Waals surface area contributed by atoms with Gasteiger partial charge in [0.2, 0.25) is 6.79 Å². The maximum Gasteiger partial charge on any atom is 0.331 e. The Morgan fingerprint density at radius 2 is 2.04 bits per heavy atom. The highest BCUT2D eigenvalue weighted by Crippen LogP contribution is 2.40. The SMILES string of the molecule is C[C@H](OC(=O)/C=C/c1cc(Cl)c2c(c1)OCO2)C(=O)N1CCCC1. The molecule has 0 unspecified atom stereocenters. The van der Waals surface area contributed by atoms with Crippen LogP contribution >= 0.6 is 11.6 Å². The topological polar surface area (TPSA) is 65.1 Å².